The molecule has 110 valence electrons. The second-order valence-electron chi connectivity index (χ2n) is 4.40. The highest BCUT2D eigenvalue weighted by Crippen LogP contribution is 2.32. The van der Waals surface area contributed by atoms with Crippen molar-refractivity contribution in [2.75, 3.05) is 11.1 Å². The number of aryl methyl sites for hydroxylation is 1. The number of halogens is 3. The van der Waals surface area contributed by atoms with Crippen molar-refractivity contribution in [3.8, 4) is 0 Å². The average molecular weight is 361 g/mol. The maximum absolute atomic E-state index is 11.9. The molecular formula is C15H12Cl3NOS. The molecule has 0 radical (unpaired) electrons. The molecule has 21 heavy (non-hydrogen) atoms. The van der Waals surface area contributed by atoms with Crippen LogP contribution in [0.25, 0.3) is 0 Å². The first-order chi connectivity index (χ1) is 9.95. The van der Waals surface area contributed by atoms with Crippen molar-refractivity contribution in [1.29, 1.82) is 0 Å². The van der Waals surface area contributed by atoms with Gasteiger partial charge < -0.3 is 5.32 Å². The van der Waals surface area contributed by atoms with E-state index in [4.69, 9.17) is 34.8 Å². The smallest absolute Gasteiger partial charge is 0.234 e. The van der Waals surface area contributed by atoms with Crippen molar-refractivity contribution in [3.63, 3.8) is 0 Å². The van der Waals surface area contributed by atoms with Crippen LogP contribution in [0.15, 0.2) is 41.3 Å². The van der Waals surface area contributed by atoms with Crippen LogP contribution in [0.5, 0.6) is 0 Å². The number of carbonyl (C=O) groups is 1. The van der Waals surface area contributed by atoms with Gasteiger partial charge in [0.25, 0.3) is 0 Å². The van der Waals surface area contributed by atoms with Crippen LogP contribution in [0.2, 0.25) is 15.1 Å². The number of thioether (sulfide) groups is 1. The van der Waals surface area contributed by atoms with Crippen LogP contribution in [0.1, 0.15) is 5.56 Å². The lowest BCUT2D eigenvalue weighted by Gasteiger charge is -2.08. The van der Waals surface area contributed by atoms with E-state index in [1.165, 1.54) is 23.4 Å². The minimum atomic E-state index is -0.152. The molecule has 0 spiro atoms. The van der Waals surface area contributed by atoms with E-state index in [1.807, 2.05) is 31.2 Å². The molecule has 2 rings (SSSR count). The SMILES string of the molecule is Cc1ccc(SCC(=O)Nc2cc(Cl)c(Cl)cc2Cl)cc1. The molecule has 2 nitrogen and oxygen atoms in total. The fourth-order valence-corrected chi connectivity index (χ4v) is 2.88. The topological polar surface area (TPSA) is 29.1 Å². The predicted molar refractivity (Wildman–Crippen MR) is 92.0 cm³/mol. The van der Waals surface area contributed by atoms with Crippen molar-refractivity contribution in [2.24, 2.45) is 0 Å². The van der Waals surface area contributed by atoms with Crippen LogP contribution >= 0.6 is 46.6 Å². The summed E-state index contributed by atoms with van der Waals surface area (Å²) in [5.74, 6) is 0.139. The Hall–Kier alpha value is -0.870. The summed E-state index contributed by atoms with van der Waals surface area (Å²) in [4.78, 5) is 13.0. The summed E-state index contributed by atoms with van der Waals surface area (Å²) >= 11 is 19.2. The molecule has 0 fully saturated rings. The molecule has 0 aliphatic rings. The largest absolute Gasteiger partial charge is 0.324 e. The number of nitrogens with one attached hydrogen (secondary N) is 1. The van der Waals surface area contributed by atoms with Gasteiger partial charge >= 0.3 is 0 Å². The van der Waals surface area contributed by atoms with Gasteiger partial charge in [-0.1, -0.05) is 52.5 Å². The zero-order valence-electron chi connectivity index (χ0n) is 11.1. The van der Waals surface area contributed by atoms with Crippen molar-refractivity contribution in [3.05, 3.63) is 57.0 Å². The van der Waals surface area contributed by atoms with Crippen LogP contribution < -0.4 is 5.32 Å². The van der Waals surface area contributed by atoms with Crippen molar-refractivity contribution in [2.45, 2.75) is 11.8 Å². The van der Waals surface area contributed by atoms with E-state index in [-0.39, 0.29) is 5.91 Å². The average Bonchev–Trinajstić information content (AvgIpc) is 2.44. The zero-order valence-corrected chi connectivity index (χ0v) is 14.2. The van der Waals surface area contributed by atoms with Crippen LogP contribution in [0.4, 0.5) is 5.69 Å². The van der Waals surface area contributed by atoms with Crippen molar-refractivity contribution in [1.82, 2.24) is 0 Å². The first kappa shape index (κ1) is 16.5. The Kier molecular flexibility index (Phi) is 5.82. The lowest BCUT2D eigenvalue weighted by atomic mass is 10.2. The Bertz CT molecular complexity index is 659. The number of anilines is 1. The van der Waals surface area contributed by atoms with E-state index in [0.29, 0.717) is 26.5 Å². The highest BCUT2D eigenvalue weighted by molar-refractivity contribution is 8.00. The van der Waals surface area contributed by atoms with Crippen molar-refractivity contribution >= 4 is 58.2 Å². The van der Waals surface area contributed by atoms with Crippen molar-refractivity contribution < 1.29 is 4.79 Å². The monoisotopic (exact) mass is 359 g/mol. The normalized spacial score (nSPS) is 10.5. The Morgan fingerprint density at radius 2 is 1.67 bits per heavy atom. The minimum absolute atomic E-state index is 0.152. The quantitative estimate of drug-likeness (QED) is 0.561. The van der Waals surface area contributed by atoms with Gasteiger partial charge in [-0.3, -0.25) is 4.79 Å². The predicted octanol–water partition coefficient (Wildman–Crippen LogP) is 5.69. The number of carbonyl (C=O) groups excluding carboxylic acids is 1. The third-order valence-corrected chi connectivity index (χ3v) is 4.72. The molecular weight excluding hydrogens is 349 g/mol. The van der Waals surface area contributed by atoms with Crippen LogP contribution in [0, 0.1) is 6.92 Å². The zero-order chi connectivity index (χ0) is 15.4. The third-order valence-electron chi connectivity index (χ3n) is 2.67. The van der Waals surface area contributed by atoms with Crippen LogP contribution in [-0.4, -0.2) is 11.7 Å². The molecule has 0 unspecified atom stereocenters. The number of amides is 1. The summed E-state index contributed by atoms with van der Waals surface area (Å²) in [6.45, 7) is 2.02. The fourth-order valence-electron chi connectivity index (χ4n) is 1.59. The minimum Gasteiger partial charge on any atom is -0.324 e. The van der Waals surface area contributed by atoms with Gasteiger partial charge in [0.15, 0.2) is 0 Å². The molecule has 0 saturated heterocycles. The van der Waals surface area contributed by atoms with Gasteiger partial charge in [0.05, 0.1) is 26.5 Å². The summed E-state index contributed by atoms with van der Waals surface area (Å²) < 4.78 is 0. The molecule has 0 bridgehead atoms. The highest BCUT2D eigenvalue weighted by atomic mass is 35.5. The van der Waals surface area contributed by atoms with Gasteiger partial charge in [-0.05, 0) is 31.2 Å². The molecule has 0 aromatic heterocycles. The number of benzene rings is 2. The van der Waals surface area contributed by atoms with Gasteiger partial charge in [-0.15, -0.1) is 11.8 Å². The molecule has 1 amide bonds. The van der Waals surface area contributed by atoms with Crippen LogP contribution in [-0.2, 0) is 4.79 Å². The Labute approximate surface area is 142 Å². The molecule has 0 aliphatic heterocycles. The van der Waals surface area contributed by atoms with E-state index in [9.17, 15) is 4.79 Å². The van der Waals surface area contributed by atoms with E-state index in [2.05, 4.69) is 5.32 Å². The van der Waals surface area contributed by atoms with Gasteiger partial charge in [-0.2, -0.15) is 0 Å². The Balaban J connectivity index is 1.96. The number of rotatable bonds is 4. The Morgan fingerprint density at radius 3 is 2.33 bits per heavy atom. The van der Waals surface area contributed by atoms with E-state index < -0.39 is 0 Å². The fraction of sp³-hybridized carbons (Fsp3) is 0.133. The lowest BCUT2D eigenvalue weighted by molar-refractivity contribution is -0.113. The summed E-state index contributed by atoms with van der Waals surface area (Å²) in [5.41, 5.74) is 1.65. The van der Waals surface area contributed by atoms with Gasteiger partial charge in [-0.25, -0.2) is 0 Å². The third kappa shape index (κ3) is 4.82. The van der Waals surface area contributed by atoms with E-state index in [1.54, 1.807) is 6.07 Å². The second-order valence-corrected chi connectivity index (χ2v) is 6.67. The molecule has 0 heterocycles. The maximum Gasteiger partial charge on any atom is 0.234 e. The maximum atomic E-state index is 11.9. The summed E-state index contributed by atoms with van der Waals surface area (Å²) in [6, 6.07) is 11.0. The summed E-state index contributed by atoms with van der Waals surface area (Å²) in [5, 5.41) is 3.79. The van der Waals surface area contributed by atoms with Crippen LogP contribution in [0.3, 0.4) is 0 Å². The second kappa shape index (κ2) is 7.41. The lowest BCUT2D eigenvalue weighted by Crippen LogP contribution is -2.14. The number of hydrogen-bond donors (Lipinski definition) is 1. The summed E-state index contributed by atoms with van der Waals surface area (Å²) in [7, 11) is 0. The Morgan fingerprint density at radius 1 is 1.05 bits per heavy atom. The summed E-state index contributed by atoms with van der Waals surface area (Å²) in [6.07, 6.45) is 0. The van der Waals surface area contributed by atoms with Gasteiger partial charge in [0.2, 0.25) is 5.91 Å². The number of hydrogen-bond acceptors (Lipinski definition) is 2. The molecule has 0 aliphatic carbocycles. The van der Waals surface area contributed by atoms with Gasteiger partial charge in [0, 0.05) is 4.90 Å². The van der Waals surface area contributed by atoms with E-state index >= 15 is 0 Å². The molecule has 6 heteroatoms. The molecule has 0 atom stereocenters. The highest BCUT2D eigenvalue weighted by Gasteiger charge is 2.09. The molecule has 0 saturated carbocycles. The first-order valence-corrected chi connectivity index (χ1v) is 8.21. The molecule has 2 aromatic carbocycles. The molecule has 1 N–H and O–H groups in total. The first-order valence-electron chi connectivity index (χ1n) is 6.09. The van der Waals surface area contributed by atoms with Gasteiger partial charge in [0.1, 0.15) is 0 Å². The van der Waals surface area contributed by atoms with E-state index in [0.717, 1.165) is 4.90 Å². The molecule has 2 aromatic rings. The standard InChI is InChI=1S/C15H12Cl3NOS/c1-9-2-4-10(5-3-9)21-8-15(20)19-14-7-12(17)11(16)6-13(14)18/h2-7H,8H2,1H3,(H,19,20).